The average molecular weight is 336 g/mol. The molecule has 0 spiro atoms. The van der Waals surface area contributed by atoms with Crippen molar-refractivity contribution in [2.45, 2.75) is 6.54 Å². The lowest BCUT2D eigenvalue weighted by Crippen LogP contribution is -2.01. The van der Waals surface area contributed by atoms with E-state index in [1.165, 1.54) is 0 Å². The molecule has 0 saturated heterocycles. The van der Waals surface area contributed by atoms with E-state index in [2.05, 4.69) is 21.5 Å². The number of pyridine rings is 1. The van der Waals surface area contributed by atoms with Gasteiger partial charge in [-0.15, -0.1) is 0 Å². The van der Waals surface area contributed by atoms with E-state index in [0.29, 0.717) is 6.54 Å². The highest BCUT2D eigenvalue weighted by molar-refractivity contribution is 6.30. The van der Waals surface area contributed by atoms with Crippen molar-refractivity contribution in [3.05, 3.63) is 77.6 Å². The van der Waals surface area contributed by atoms with Crippen molar-refractivity contribution in [3.63, 3.8) is 0 Å². The van der Waals surface area contributed by atoms with Crippen molar-refractivity contribution < 1.29 is 4.52 Å². The minimum absolute atomic E-state index is 0.599. The van der Waals surface area contributed by atoms with Crippen LogP contribution in [0.3, 0.4) is 0 Å². The second-order valence-electron chi connectivity index (χ2n) is 5.42. The maximum atomic E-state index is 5.94. The average Bonchev–Trinajstić information content (AvgIpc) is 3.04. The molecule has 0 aliphatic heterocycles. The van der Waals surface area contributed by atoms with E-state index in [0.717, 1.165) is 38.6 Å². The fourth-order valence-electron chi connectivity index (χ4n) is 2.56. The molecule has 4 nitrogen and oxygen atoms in total. The summed E-state index contributed by atoms with van der Waals surface area (Å²) in [6.07, 6.45) is 1.77. The summed E-state index contributed by atoms with van der Waals surface area (Å²) in [5.41, 5.74) is 3.84. The first-order chi connectivity index (χ1) is 11.8. The number of hydrogen-bond acceptors (Lipinski definition) is 4. The number of nitrogens with one attached hydrogen (secondary N) is 1. The summed E-state index contributed by atoms with van der Waals surface area (Å²) in [5.74, 6) is 0.721. The Labute approximate surface area is 144 Å². The van der Waals surface area contributed by atoms with Gasteiger partial charge in [0, 0.05) is 11.2 Å². The van der Waals surface area contributed by atoms with Crippen LogP contribution < -0.4 is 5.32 Å². The molecule has 0 saturated carbocycles. The summed E-state index contributed by atoms with van der Waals surface area (Å²) in [5, 5.41) is 9.06. The molecule has 2 heterocycles. The Kier molecular flexibility index (Phi) is 3.89. The summed E-state index contributed by atoms with van der Waals surface area (Å²) in [4.78, 5) is 4.29. The SMILES string of the molecule is Clc1ccc(-c2ccc3c(NCc4ccccn4)noc3c2)cc1. The van der Waals surface area contributed by atoms with Gasteiger partial charge in [0.15, 0.2) is 11.4 Å². The molecule has 0 amide bonds. The van der Waals surface area contributed by atoms with Crippen LogP contribution in [0.2, 0.25) is 5.02 Å². The molecule has 4 rings (SSSR count). The summed E-state index contributed by atoms with van der Waals surface area (Å²) < 4.78 is 5.46. The smallest absolute Gasteiger partial charge is 0.177 e. The van der Waals surface area contributed by atoms with Crippen molar-refractivity contribution >= 4 is 28.4 Å². The Balaban J connectivity index is 1.60. The quantitative estimate of drug-likeness (QED) is 0.560. The molecule has 2 aromatic carbocycles. The number of halogens is 1. The molecule has 1 N–H and O–H groups in total. The van der Waals surface area contributed by atoms with Gasteiger partial charge >= 0.3 is 0 Å². The Hall–Kier alpha value is -2.85. The van der Waals surface area contributed by atoms with Gasteiger partial charge < -0.3 is 9.84 Å². The molecular formula is C19H14ClN3O. The van der Waals surface area contributed by atoms with E-state index < -0.39 is 0 Å². The second kappa shape index (κ2) is 6.34. The van der Waals surface area contributed by atoms with Crippen LogP contribution >= 0.6 is 11.6 Å². The molecule has 4 aromatic rings. The van der Waals surface area contributed by atoms with Crippen molar-refractivity contribution in [1.82, 2.24) is 10.1 Å². The van der Waals surface area contributed by atoms with Gasteiger partial charge in [0.2, 0.25) is 0 Å². The standard InChI is InChI=1S/C19H14ClN3O/c20-15-7-4-13(5-8-15)14-6-9-17-18(11-14)24-23-19(17)22-12-16-3-1-2-10-21-16/h1-11H,12H2,(H,22,23). The Morgan fingerprint density at radius 1 is 0.958 bits per heavy atom. The van der Waals surface area contributed by atoms with Crippen LogP contribution in [0.15, 0.2) is 71.4 Å². The van der Waals surface area contributed by atoms with Gasteiger partial charge in [-0.3, -0.25) is 4.98 Å². The maximum Gasteiger partial charge on any atom is 0.177 e. The molecule has 0 radical (unpaired) electrons. The zero-order chi connectivity index (χ0) is 16.4. The fraction of sp³-hybridized carbons (Fsp3) is 0.0526. The van der Waals surface area contributed by atoms with Gasteiger partial charge in [0.25, 0.3) is 0 Å². The lowest BCUT2D eigenvalue weighted by atomic mass is 10.0. The first kappa shape index (κ1) is 14.7. The van der Waals surface area contributed by atoms with Crippen LogP contribution in [0.5, 0.6) is 0 Å². The third-order valence-electron chi connectivity index (χ3n) is 3.81. The van der Waals surface area contributed by atoms with Crippen LogP contribution in [0.25, 0.3) is 22.1 Å². The van der Waals surface area contributed by atoms with E-state index in [9.17, 15) is 0 Å². The number of rotatable bonds is 4. The summed E-state index contributed by atoms with van der Waals surface area (Å²) in [7, 11) is 0. The lowest BCUT2D eigenvalue weighted by Gasteiger charge is -2.03. The highest BCUT2D eigenvalue weighted by atomic mass is 35.5. The highest BCUT2D eigenvalue weighted by Crippen LogP contribution is 2.29. The van der Waals surface area contributed by atoms with E-state index >= 15 is 0 Å². The molecule has 5 heteroatoms. The zero-order valence-corrected chi connectivity index (χ0v) is 13.5. The molecular weight excluding hydrogens is 322 g/mol. The van der Waals surface area contributed by atoms with Crippen molar-refractivity contribution in [2.75, 3.05) is 5.32 Å². The molecule has 0 fully saturated rings. The van der Waals surface area contributed by atoms with Crippen LogP contribution in [-0.2, 0) is 6.54 Å². The maximum absolute atomic E-state index is 5.94. The van der Waals surface area contributed by atoms with Gasteiger partial charge in [0.05, 0.1) is 17.6 Å². The number of fused-ring (bicyclic) bond motifs is 1. The normalized spacial score (nSPS) is 10.9. The van der Waals surface area contributed by atoms with E-state index in [1.807, 2.05) is 54.6 Å². The predicted molar refractivity (Wildman–Crippen MR) is 96.0 cm³/mol. The summed E-state index contributed by atoms with van der Waals surface area (Å²) in [6.45, 7) is 0.599. The van der Waals surface area contributed by atoms with Crippen LogP contribution in [0.4, 0.5) is 5.82 Å². The summed E-state index contributed by atoms with van der Waals surface area (Å²) in [6, 6.07) is 19.6. The number of benzene rings is 2. The lowest BCUT2D eigenvalue weighted by molar-refractivity contribution is 0.459. The second-order valence-corrected chi connectivity index (χ2v) is 5.86. The van der Waals surface area contributed by atoms with Gasteiger partial charge in [-0.2, -0.15) is 0 Å². The van der Waals surface area contributed by atoms with E-state index in [-0.39, 0.29) is 0 Å². The molecule has 0 aliphatic carbocycles. The minimum Gasteiger partial charge on any atom is -0.361 e. The Morgan fingerprint density at radius 2 is 1.79 bits per heavy atom. The summed E-state index contributed by atoms with van der Waals surface area (Å²) >= 11 is 5.94. The van der Waals surface area contributed by atoms with E-state index in [1.54, 1.807) is 6.20 Å². The van der Waals surface area contributed by atoms with Gasteiger partial charge in [-0.1, -0.05) is 41.0 Å². The molecule has 0 atom stereocenters. The van der Waals surface area contributed by atoms with Gasteiger partial charge in [-0.05, 0) is 47.5 Å². The fourth-order valence-corrected chi connectivity index (χ4v) is 2.69. The number of aromatic nitrogens is 2. The van der Waals surface area contributed by atoms with Crippen LogP contribution in [-0.4, -0.2) is 10.1 Å². The van der Waals surface area contributed by atoms with Crippen molar-refractivity contribution in [3.8, 4) is 11.1 Å². The molecule has 2 aromatic heterocycles. The van der Waals surface area contributed by atoms with Crippen molar-refractivity contribution in [2.24, 2.45) is 0 Å². The first-order valence-electron chi connectivity index (χ1n) is 7.59. The third kappa shape index (κ3) is 2.96. The zero-order valence-electron chi connectivity index (χ0n) is 12.7. The molecule has 0 unspecified atom stereocenters. The number of hydrogen-bond donors (Lipinski definition) is 1. The van der Waals surface area contributed by atoms with Crippen LogP contribution in [0.1, 0.15) is 5.69 Å². The Morgan fingerprint density at radius 3 is 2.58 bits per heavy atom. The van der Waals surface area contributed by atoms with Crippen molar-refractivity contribution in [1.29, 1.82) is 0 Å². The topological polar surface area (TPSA) is 51.0 Å². The molecule has 24 heavy (non-hydrogen) atoms. The van der Waals surface area contributed by atoms with Gasteiger partial charge in [-0.25, -0.2) is 0 Å². The van der Waals surface area contributed by atoms with Gasteiger partial charge in [0.1, 0.15) is 0 Å². The van der Waals surface area contributed by atoms with E-state index in [4.69, 9.17) is 16.1 Å². The third-order valence-corrected chi connectivity index (χ3v) is 4.06. The Bertz CT molecular complexity index is 965. The number of nitrogens with zero attached hydrogens (tertiary/aromatic N) is 2. The predicted octanol–water partition coefficient (Wildman–Crippen LogP) is 5.16. The van der Waals surface area contributed by atoms with Crippen LogP contribution in [0, 0.1) is 0 Å². The first-order valence-corrected chi connectivity index (χ1v) is 7.96. The largest absolute Gasteiger partial charge is 0.361 e. The number of anilines is 1. The highest BCUT2D eigenvalue weighted by Gasteiger charge is 2.09. The minimum atomic E-state index is 0.599. The molecule has 0 aliphatic rings. The molecule has 0 bridgehead atoms. The molecule has 118 valence electrons. The monoisotopic (exact) mass is 335 g/mol.